The van der Waals surface area contributed by atoms with Crippen LogP contribution in [0.15, 0.2) is 12.3 Å². The van der Waals surface area contributed by atoms with Crippen molar-refractivity contribution >= 4 is 11.5 Å². The van der Waals surface area contributed by atoms with Gasteiger partial charge in [-0.1, -0.05) is 32.6 Å². The summed E-state index contributed by atoms with van der Waals surface area (Å²) in [5, 5.41) is 14.1. The van der Waals surface area contributed by atoms with Crippen LogP contribution in [0.25, 0.3) is 0 Å². The number of unbranched alkanes of at least 4 members (excludes halogenated alkanes) is 3. The van der Waals surface area contributed by atoms with Crippen LogP contribution in [0.2, 0.25) is 0 Å². The van der Waals surface area contributed by atoms with E-state index in [1.165, 1.54) is 31.7 Å². The fraction of sp³-hybridized carbons (Fsp3) is 0.643. The number of nitrogens with zero attached hydrogens (tertiary/aromatic N) is 2. The third kappa shape index (κ3) is 5.24. The largest absolute Gasteiger partial charge is 0.367 e. The molecule has 1 aromatic heterocycles. The number of pyridine rings is 1. The first kappa shape index (κ1) is 15.4. The Hall–Kier alpha value is -1.65. The van der Waals surface area contributed by atoms with E-state index < -0.39 is 0 Å². The molecule has 1 heterocycles. The highest BCUT2D eigenvalue weighted by Crippen LogP contribution is 2.20. The minimum atomic E-state index is -0.367. The Morgan fingerprint density at radius 1 is 1.42 bits per heavy atom. The van der Waals surface area contributed by atoms with Crippen LogP contribution in [0.3, 0.4) is 0 Å². The summed E-state index contributed by atoms with van der Waals surface area (Å²) >= 11 is 0. The smallest absolute Gasteiger partial charge is 0.277 e. The van der Waals surface area contributed by atoms with Gasteiger partial charge in [0.05, 0.1) is 11.0 Å². The third-order valence-corrected chi connectivity index (χ3v) is 3.16. The summed E-state index contributed by atoms with van der Waals surface area (Å²) in [5.41, 5.74) is 0.710. The zero-order valence-electron chi connectivity index (χ0n) is 12.0. The fourth-order valence-electron chi connectivity index (χ4n) is 1.99. The number of nitrogens with one attached hydrogen (secondary N) is 1. The van der Waals surface area contributed by atoms with E-state index in [0.29, 0.717) is 11.4 Å². The molecule has 0 aliphatic carbocycles. The van der Waals surface area contributed by atoms with Gasteiger partial charge in [-0.2, -0.15) is 0 Å². The molecule has 1 rings (SSSR count). The van der Waals surface area contributed by atoms with Crippen molar-refractivity contribution in [1.29, 1.82) is 0 Å². The predicted molar refractivity (Wildman–Crippen MR) is 77.5 cm³/mol. The molecule has 1 N–H and O–H groups in total. The molecule has 0 aliphatic rings. The monoisotopic (exact) mass is 265 g/mol. The predicted octanol–water partition coefficient (Wildman–Crippen LogP) is 4.07. The molecule has 0 saturated carbocycles. The van der Waals surface area contributed by atoms with Crippen molar-refractivity contribution in [3.05, 3.63) is 27.9 Å². The van der Waals surface area contributed by atoms with E-state index in [1.54, 1.807) is 13.1 Å². The minimum Gasteiger partial charge on any atom is -0.367 e. The molecule has 19 heavy (non-hydrogen) atoms. The lowest BCUT2D eigenvalue weighted by atomic mass is 10.1. The first-order chi connectivity index (χ1) is 9.04. The number of aromatic nitrogens is 1. The zero-order valence-corrected chi connectivity index (χ0v) is 12.0. The van der Waals surface area contributed by atoms with E-state index in [9.17, 15) is 10.1 Å². The molecule has 5 heteroatoms. The molecule has 1 unspecified atom stereocenters. The molecule has 1 atom stereocenters. The normalized spacial score (nSPS) is 12.2. The van der Waals surface area contributed by atoms with Gasteiger partial charge in [0, 0.05) is 17.8 Å². The Bertz CT molecular complexity index is 421. The molecular formula is C14H23N3O2. The number of nitro groups is 1. The van der Waals surface area contributed by atoms with Crippen LogP contribution in [-0.2, 0) is 0 Å². The van der Waals surface area contributed by atoms with Crippen LogP contribution in [0.5, 0.6) is 0 Å². The van der Waals surface area contributed by atoms with Gasteiger partial charge in [0.2, 0.25) is 0 Å². The summed E-state index contributed by atoms with van der Waals surface area (Å²) in [6, 6.07) is 1.80. The van der Waals surface area contributed by atoms with Crippen molar-refractivity contribution < 1.29 is 4.92 Å². The van der Waals surface area contributed by atoms with Gasteiger partial charge < -0.3 is 5.32 Å². The van der Waals surface area contributed by atoms with Gasteiger partial charge in [-0.05, 0) is 20.3 Å². The summed E-state index contributed by atoms with van der Waals surface area (Å²) in [6.07, 6.45) is 7.52. The Balaban J connectivity index is 2.52. The lowest BCUT2D eigenvalue weighted by molar-refractivity contribution is -0.385. The Morgan fingerprint density at radius 2 is 2.16 bits per heavy atom. The molecule has 0 aliphatic heterocycles. The van der Waals surface area contributed by atoms with E-state index in [1.807, 2.05) is 0 Å². The van der Waals surface area contributed by atoms with Gasteiger partial charge in [-0.3, -0.25) is 10.1 Å². The van der Waals surface area contributed by atoms with Crippen LogP contribution in [0.4, 0.5) is 11.5 Å². The van der Waals surface area contributed by atoms with Gasteiger partial charge in [-0.15, -0.1) is 0 Å². The average Bonchev–Trinajstić information content (AvgIpc) is 2.36. The van der Waals surface area contributed by atoms with Crippen LogP contribution in [0.1, 0.15) is 51.5 Å². The Morgan fingerprint density at radius 3 is 2.79 bits per heavy atom. The van der Waals surface area contributed by atoms with Crippen molar-refractivity contribution in [3.63, 3.8) is 0 Å². The van der Waals surface area contributed by atoms with Crippen molar-refractivity contribution in [2.75, 3.05) is 5.32 Å². The second kappa shape index (κ2) is 7.71. The summed E-state index contributed by atoms with van der Waals surface area (Å²) < 4.78 is 0. The molecule has 0 radical (unpaired) electrons. The van der Waals surface area contributed by atoms with Crippen molar-refractivity contribution in [1.82, 2.24) is 4.98 Å². The van der Waals surface area contributed by atoms with Crippen molar-refractivity contribution in [2.24, 2.45) is 0 Å². The number of hydrogen-bond acceptors (Lipinski definition) is 4. The highest BCUT2D eigenvalue weighted by Gasteiger charge is 2.13. The maximum Gasteiger partial charge on any atom is 0.277 e. The van der Waals surface area contributed by atoms with Gasteiger partial charge in [0.1, 0.15) is 5.82 Å². The lowest BCUT2D eigenvalue weighted by Gasteiger charge is -2.14. The van der Waals surface area contributed by atoms with E-state index in [4.69, 9.17) is 0 Å². The average molecular weight is 265 g/mol. The topological polar surface area (TPSA) is 68.1 Å². The highest BCUT2D eigenvalue weighted by atomic mass is 16.6. The van der Waals surface area contributed by atoms with Gasteiger partial charge in [-0.25, -0.2) is 4.98 Å². The number of anilines is 1. The van der Waals surface area contributed by atoms with Gasteiger partial charge in [0.15, 0.2) is 0 Å². The maximum absolute atomic E-state index is 10.9. The maximum atomic E-state index is 10.9. The van der Waals surface area contributed by atoms with Crippen molar-refractivity contribution in [2.45, 2.75) is 58.9 Å². The first-order valence-corrected chi connectivity index (χ1v) is 6.92. The second-order valence-electron chi connectivity index (χ2n) is 5.01. The fourth-order valence-corrected chi connectivity index (χ4v) is 1.99. The molecule has 5 nitrogen and oxygen atoms in total. The minimum absolute atomic E-state index is 0.121. The molecule has 1 aromatic rings. The first-order valence-electron chi connectivity index (χ1n) is 6.92. The van der Waals surface area contributed by atoms with E-state index >= 15 is 0 Å². The highest BCUT2D eigenvalue weighted by molar-refractivity contribution is 5.49. The van der Waals surface area contributed by atoms with E-state index in [-0.39, 0.29) is 16.7 Å². The quantitative estimate of drug-likeness (QED) is 0.437. The van der Waals surface area contributed by atoms with Gasteiger partial charge >= 0.3 is 0 Å². The summed E-state index contributed by atoms with van der Waals surface area (Å²) in [7, 11) is 0. The number of rotatable bonds is 8. The molecule has 0 spiro atoms. The molecule has 0 fully saturated rings. The van der Waals surface area contributed by atoms with Gasteiger partial charge in [0.25, 0.3) is 5.69 Å². The van der Waals surface area contributed by atoms with Crippen LogP contribution in [-0.4, -0.2) is 15.9 Å². The number of aryl methyl sites for hydroxylation is 1. The molecule has 0 bridgehead atoms. The summed E-state index contributed by atoms with van der Waals surface area (Å²) in [5.74, 6) is 0.584. The van der Waals surface area contributed by atoms with E-state index in [0.717, 1.165) is 6.42 Å². The molecule has 0 aromatic carbocycles. The Kier molecular flexibility index (Phi) is 6.25. The lowest BCUT2D eigenvalue weighted by Crippen LogP contribution is -2.16. The van der Waals surface area contributed by atoms with Crippen molar-refractivity contribution in [3.8, 4) is 0 Å². The van der Waals surface area contributed by atoms with Crippen LogP contribution < -0.4 is 5.32 Å². The molecule has 0 amide bonds. The standard InChI is InChI=1S/C14H23N3O2/c1-4-5-6-7-8-12(3)16-14-9-13(17(18)19)11(2)10-15-14/h9-10,12H,4-8H2,1-3H3,(H,15,16). The summed E-state index contributed by atoms with van der Waals surface area (Å²) in [6.45, 7) is 5.97. The van der Waals surface area contributed by atoms with Crippen LogP contribution in [0, 0.1) is 17.0 Å². The van der Waals surface area contributed by atoms with E-state index in [2.05, 4.69) is 24.1 Å². The van der Waals surface area contributed by atoms with Crippen LogP contribution >= 0.6 is 0 Å². The second-order valence-corrected chi connectivity index (χ2v) is 5.01. The Labute approximate surface area is 114 Å². The number of hydrogen-bond donors (Lipinski definition) is 1. The third-order valence-electron chi connectivity index (χ3n) is 3.16. The zero-order chi connectivity index (χ0) is 14.3. The summed E-state index contributed by atoms with van der Waals surface area (Å²) in [4.78, 5) is 14.7. The molecular weight excluding hydrogens is 242 g/mol. The SMILES string of the molecule is CCCCCCC(C)Nc1cc([N+](=O)[O-])c(C)cn1. The molecule has 106 valence electrons. The molecule has 0 saturated heterocycles.